The summed E-state index contributed by atoms with van der Waals surface area (Å²) in [6, 6.07) is 7.63. The van der Waals surface area contributed by atoms with Gasteiger partial charge in [-0.05, 0) is 45.7 Å². The van der Waals surface area contributed by atoms with Crippen molar-refractivity contribution in [2.75, 3.05) is 38.5 Å². The third kappa shape index (κ3) is 8.52. The van der Waals surface area contributed by atoms with Crippen LogP contribution in [0, 0.1) is 0 Å². The van der Waals surface area contributed by atoms with Gasteiger partial charge in [0, 0.05) is 18.3 Å². The smallest absolute Gasteiger partial charge is 0.277 e. The summed E-state index contributed by atoms with van der Waals surface area (Å²) in [5, 5.41) is 5.78. The first-order chi connectivity index (χ1) is 13.1. The van der Waals surface area contributed by atoms with E-state index in [2.05, 4.69) is 10.6 Å². The zero-order valence-electron chi connectivity index (χ0n) is 18.0. The minimum absolute atomic E-state index is 0.0257. The summed E-state index contributed by atoms with van der Waals surface area (Å²) < 4.78 is 0. The van der Waals surface area contributed by atoms with E-state index < -0.39 is 0 Å². The van der Waals surface area contributed by atoms with Crippen LogP contribution in [0.15, 0.2) is 24.3 Å². The van der Waals surface area contributed by atoms with Gasteiger partial charge in [0.2, 0.25) is 5.91 Å². The Morgan fingerprint density at radius 3 is 2.25 bits per heavy atom. The van der Waals surface area contributed by atoms with Crippen LogP contribution in [0.4, 0.5) is 5.69 Å². The van der Waals surface area contributed by atoms with Crippen molar-refractivity contribution in [3.8, 4) is 0 Å². The lowest BCUT2D eigenvalue weighted by Gasteiger charge is -2.24. The fraction of sp³-hybridized carbons (Fsp3) is 0.571. The molecule has 0 radical (unpaired) electrons. The van der Waals surface area contributed by atoms with Crippen LogP contribution in [0.1, 0.15) is 40.2 Å². The molecule has 0 aliphatic carbocycles. The van der Waals surface area contributed by atoms with Crippen LogP contribution in [0.3, 0.4) is 0 Å². The number of carbonyl (C=O) groups is 3. The number of carbonyl (C=O) groups excluding carboxylic acids is 3. The van der Waals surface area contributed by atoms with E-state index in [-0.39, 0.29) is 42.9 Å². The molecule has 3 N–H and O–H groups in total. The third-order valence-corrected chi connectivity index (χ3v) is 4.31. The maximum absolute atomic E-state index is 12.5. The number of nitrogens with one attached hydrogen (secondary N) is 3. The maximum atomic E-state index is 12.5. The van der Waals surface area contributed by atoms with Gasteiger partial charge < -0.3 is 20.4 Å². The number of rotatable bonds is 9. The highest BCUT2D eigenvalue weighted by molar-refractivity contribution is 5.95. The average Bonchev–Trinajstić information content (AvgIpc) is 2.59. The van der Waals surface area contributed by atoms with Crippen LogP contribution in [0.2, 0.25) is 0 Å². The lowest BCUT2D eigenvalue weighted by atomic mass is 10.1. The summed E-state index contributed by atoms with van der Waals surface area (Å²) in [4.78, 5) is 39.2. The highest BCUT2D eigenvalue weighted by Gasteiger charge is 2.22. The average molecular weight is 392 g/mol. The molecule has 7 nitrogen and oxygen atoms in total. The second kappa shape index (κ2) is 10.8. The molecule has 28 heavy (non-hydrogen) atoms. The van der Waals surface area contributed by atoms with Crippen LogP contribution in [0.5, 0.6) is 0 Å². The van der Waals surface area contributed by atoms with Crippen molar-refractivity contribution in [1.29, 1.82) is 0 Å². The van der Waals surface area contributed by atoms with Crippen molar-refractivity contribution in [3.05, 3.63) is 29.8 Å². The number of para-hydroxylation sites is 1. The Morgan fingerprint density at radius 2 is 1.68 bits per heavy atom. The van der Waals surface area contributed by atoms with Gasteiger partial charge >= 0.3 is 0 Å². The first-order valence-electron chi connectivity index (χ1n) is 9.82. The van der Waals surface area contributed by atoms with E-state index in [4.69, 9.17) is 0 Å². The molecule has 0 saturated heterocycles. The molecule has 1 rings (SSSR count). The first-order valence-corrected chi connectivity index (χ1v) is 9.82. The van der Waals surface area contributed by atoms with Crippen molar-refractivity contribution < 1.29 is 19.3 Å². The fourth-order valence-electron chi connectivity index (χ4n) is 2.79. The first kappa shape index (κ1) is 23.6. The number of quaternary nitrogens is 1. The molecule has 0 heterocycles. The SMILES string of the molecule is CCc1ccccc1NC(=O)CN(C)C(=O)C[NH+](CC)CC(=O)NC(C)(C)C. The van der Waals surface area contributed by atoms with E-state index in [1.807, 2.05) is 58.9 Å². The minimum atomic E-state index is -0.302. The molecule has 0 spiro atoms. The predicted octanol–water partition coefficient (Wildman–Crippen LogP) is 0.465. The van der Waals surface area contributed by atoms with Crippen LogP contribution < -0.4 is 15.5 Å². The Morgan fingerprint density at radius 1 is 1.04 bits per heavy atom. The summed E-state index contributed by atoms with van der Waals surface area (Å²) in [6.45, 7) is 10.7. The summed E-state index contributed by atoms with van der Waals surface area (Å²) in [7, 11) is 1.61. The summed E-state index contributed by atoms with van der Waals surface area (Å²) in [6.07, 6.45) is 0.816. The monoisotopic (exact) mass is 391 g/mol. The number of hydrogen-bond donors (Lipinski definition) is 3. The molecule has 0 fully saturated rings. The molecule has 0 aromatic heterocycles. The minimum Gasteiger partial charge on any atom is -0.347 e. The fourth-order valence-corrected chi connectivity index (χ4v) is 2.79. The Labute approximate surface area is 168 Å². The number of aryl methyl sites for hydroxylation is 1. The van der Waals surface area contributed by atoms with E-state index in [1.165, 1.54) is 4.90 Å². The molecule has 1 aromatic carbocycles. The Hall–Kier alpha value is -2.41. The van der Waals surface area contributed by atoms with E-state index >= 15 is 0 Å². The van der Waals surface area contributed by atoms with Crippen molar-refractivity contribution in [1.82, 2.24) is 10.2 Å². The molecule has 0 aliphatic heterocycles. The number of benzene rings is 1. The normalized spacial score (nSPS) is 12.2. The molecule has 156 valence electrons. The summed E-state index contributed by atoms with van der Waals surface area (Å²) in [5.41, 5.74) is 1.52. The Balaban J connectivity index is 2.56. The molecule has 1 aromatic rings. The Kier molecular flexibility index (Phi) is 9.12. The van der Waals surface area contributed by atoms with E-state index in [9.17, 15) is 14.4 Å². The number of hydrogen-bond acceptors (Lipinski definition) is 3. The van der Waals surface area contributed by atoms with Gasteiger partial charge in [0.15, 0.2) is 13.1 Å². The lowest BCUT2D eigenvalue weighted by molar-refractivity contribution is -0.882. The number of anilines is 1. The molecule has 0 aliphatic rings. The number of amides is 3. The van der Waals surface area contributed by atoms with Gasteiger partial charge in [0.05, 0.1) is 13.1 Å². The van der Waals surface area contributed by atoms with Crippen LogP contribution in [-0.2, 0) is 20.8 Å². The standard InChI is InChI=1S/C21H34N4O3/c1-7-16-11-9-10-12-17(16)22-18(26)13-24(6)20(28)15-25(8-2)14-19(27)23-21(3,4)5/h9-12H,7-8,13-15H2,1-6H3,(H,22,26)(H,23,27)/p+1. The van der Waals surface area contributed by atoms with Gasteiger partial charge in [-0.2, -0.15) is 0 Å². The molecule has 0 saturated carbocycles. The van der Waals surface area contributed by atoms with Crippen molar-refractivity contribution >= 4 is 23.4 Å². The van der Waals surface area contributed by atoms with Crippen LogP contribution >= 0.6 is 0 Å². The third-order valence-electron chi connectivity index (χ3n) is 4.31. The van der Waals surface area contributed by atoms with Gasteiger partial charge in [0.25, 0.3) is 11.8 Å². The zero-order chi connectivity index (χ0) is 21.3. The van der Waals surface area contributed by atoms with E-state index in [0.29, 0.717) is 6.54 Å². The molecule has 3 amide bonds. The second-order valence-corrected chi connectivity index (χ2v) is 8.06. The topological polar surface area (TPSA) is 83.0 Å². The molecule has 7 heteroatoms. The van der Waals surface area contributed by atoms with Gasteiger partial charge in [-0.25, -0.2) is 0 Å². The van der Waals surface area contributed by atoms with Gasteiger partial charge in [-0.1, -0.05) is 25.1 Å². The van der Waals surface area contributed by atoms with Gasteiger partial charge in [-0.3, -0.25) is 14.4 Å². The Bertz CT molecular complexity index is 682. The van der Waals surface area contributed by atoms with Gasteiger partial charge in [-0.15, -0.1) is 0 Å². The highest BCUT2D eigenvalue weighted by atomic mass is 16.2. The van der Waals surface area contributed by atoms with E-state index in [0.717, 1.165) is 22.6 Å². The van der Waals surface area contributed by atoms with Crippen molar-refractivity contribution in [2.24, 2.45) is 0 Å². The molecule has 0 bridgehead atoms. The number of nitrogens with zero attached hydrogens (tertiary/aromatic N) is 1. The van der Waals surface area contributed by atoms with Crippen molar-refractivity contribution in [2.45, 2.75) is 46.6 Å². The van der Waals surface area contributed by atoms with E-state index in [1.54, 1.807) is 7.05 Å². The van der Waals surface area contributed by atoms with Crippen LogP contribution in [-0.4, -0.2) is 61.4 Å². The maximum Gasteiger partial charge on any atom is 0.277 e. The van der Waals surface area contributed by atoms with Crippen molar-refractivity contribution in [3.63, 3.8) is 0 Å². The summed E-state index contributed by atoms with van der Waals surface area (Å²) in [5.74, 6) is -0.492. The largest absolute Gasteiger partial charge is 0.347 e. The summed E-state index contributed by atoms with van der Waals surface area (Å²) >= 11 is 0. The number of likely N-dealkylation sites (N-methyl/N-ethyl adjacent to an activating group) is 2. The zero-order valence-corrected chi connectivity index (χ0v) is 18.0. The second-order valence-electron chi connectivity index (χ2n) is 8.06. The van der Waals surface area contributed by atoms with Gasteiger partial charge in [0.1, 0.15) is 0 Å². The lowest BCUT2D eigenvalue weighted by Crippen LogP contribution is -3.14. The molecule has 1 atom stereocenters. The molecule has 1 unspecified atom stereocenters. The van der Waals surface area contributed by atoms with Crippen LogP contribution in [0.25, 0.3) is 0 Å². The highest BCUT2D eigenvalue weighted by Crippen LogP contribution is 2.15. The quantitative estimate of drug-likeness (QED) is 0.572. The molecular formula is C21H35N4O3+. The predicted molar refractivity (Wildman–Crippen MR) is 111 cm³/mol. The molecular weight excluding hydrogens is 356 g/mol.